The molecule has 140 valence electrons. The van der Waals surface area contributed by atoms with Crippen molar-refractivity contribution in [2.45, 2.75) is 13.0 Å². The van der Waals surface area contributed by atoms with Crippen LogP contribution in [0.4, 0.5) is 0 Å². The highest BCUT2D eigenvalue weighted by molar-refractivity contribution is 5.28. The Morgan fingerprint density at radius 1 is 1.28 bits per heavy atom. The van der Waals surface area contributed by atoms with Gasteiger partial charge in [0.2, 0.25) is 0 Å². The van der Waals surface area contributed by atoms with Gasteiger partial charge in [0.1, 0.15) is 5.75 Å². The molecule has 0 aliphatic heterocycles. The van der Waals surface area contributed by atoms with Crippen LogP contribution in [0.2, 0.25) is 0 Å². The molecule has 0 fully saturated rings. The molecule has 0 saturated heterocycles. The molecule has 0 spiro atoms. The second-order valence-electron chi connectivity index (χ2n) is 5.76. The number of methoxy groups -OCH3 is 1. The molecule has 0 aliphatic carbocycles. The van der Waals surface area contributed by atoms with Gasteiger partial charge in [-0.2, -0.15) is 0 Å². The van der Waals surface area contributed by atoms with Gasteiger partial charge in [0.25, 0.3) is 6.20 Å². The molecule has 0 heterocycles. The summed E-state index contributed by atoms with van der Waals surface area (Å²) in [4.78, 5) is 12.2. The molecule has 0 unspecified atom stereocenters. The van der Waals surface area contributed by atoms with E-state index in [-0.39, 0.29) is 0 Å². The van der Waals surface area contributed by atoms with Gasteiger partial charge in [0.05, 0.1) is 18.1 Å². The van der Waals surface area contributed by atoms with Crippen LogP contribution in [-0.4, -0.2) is 57.3 Å². The Balaban J connectivity index is 2.32. The normalized spacial score (nSPS) is 11.4. The van der Waals surface area contributed by atoms with Gasteiger partial charge >= 0.3 is 0 Å². The van der Waals surface area contributed by atoms with Gasteiger partial charge in [-0.25, -0.2) is 0 Å². The molecule has 0 amide bonds. The zero-order valence-corrected chi connectivity index (χ0v) is 15.2. The number of benzene rings is 1. The maximum atomic E-state index is 10.6. The smallest absolute Gasteiger partial charge is 0.274 e. The number of hydrogen-bond acceptors (Lipinski definition) is 7. The van der Waals surface area contributed by atoms with E-state index in [4.69, 9.17) is 9.47 Å². The third-order valence-corrected chi connectivity index (χ3v) is 3.16. The molecule has 0 aliphatic rings. The van der Waals surface area contributed by atoms with Crippen LogP contribution in [0.1, 0.15) is 12.0 Å². The van der Waals surface area contributed by atoms with E-state index < -0.39 is 4.92 Å². The van der Waals surface area contributed by atoms with Gasteiger partial charge in [0, 0.05) is 26.7 Å². The second kappa shape index (κ2) is 12.1. The average Bonchev–Trinajstić information content (AvgIpc) is 2.53. The van der Waals surface area contributed by atoms with Crippen LogP contribution in [0.15, 0.2) is 36.3 Å². The summed E-state index contributed by atoms with van der Waals surface area (Å²) in [6, 6.07) is 7.99. The molecule has 8 heteroatoms. The first kappa shape index (κ1) is 20.7. The summed E-state index contributed by atoms with van der Waals surface area (Å²) < 4.78 is 10.6. The van der Waals surface area contributed by atoms with Crippen molar-refractivity contribution in [2.75, 3.05) is 47.5 Å². The third-order valence-electron chi connectivity index (χ3n) is 3.16. The maximum absolute atomic E-state index is 10.6. The van der Waals surface area contributed by atoms with Gasteiger partial charge in [0.15, 0.2) is 5.82 Å². The number of ether oxygens (including phenoxy) is 2. The molecular weight excluding hydrogens is 324 g/mol. The molecule has 0 radical (unpaired) electrons. The largest absolute Gasteiger partial charge is 0.494 e. The number of rotatable bonds is 13. The SMILES string of the molecule is COCCN/C(=C\[N+](=O)[O-])NCCCOc1cccc(CN(C)C)c1. The van der Waals surface area contributed by atoms with Crippen molar-refractivity contribution >= 4 is 0 Å². The van der Waals surface area contributed by atoms with E-state index in [0.717, 1.165) is 24.9 Å². The standard InChI is InChI=1S/C17H28N4O4/c1-20(2)13-15-6-4-7-16(12-15)25-10-5-8-18-17(14-21(22)23)19-9-11-24-3/h4,6-7,12,14,18-19H,5,8-11,13H2,1-3H3/b17-14-. The average molecular weight is 352 g/mol. The Morgan fingerprint density at radius 2 is 2.04 bits per heavy atom. The van der Waals surface area contributed by atoms with Crippen molar-refractivity contribution in [1.29, 1.82) is 0 Å². The lowest BCUT2D eigenvalue weighted by molar-refractivity contribution is -0.404. The van der Waals surface area contributed by atoms with Crippen LogP contribution in [0.3, 0.4) is 0 Å². The second-order valence-corrected chi connectivity index (χ2v) is 5.76. The van der Waals surface area contributed by atoms with Crippen molar-refractivity contribution in [3.05, 3.63) is 52.0 Å². The maximum Gasteiger partial charge on any atom is 0.274 e. The number of hydrogen-bond donors (Lipinski definition) is 2. The first-order valence-corrected chi connectivity index (χ1v) is 8.19. The molecular formula is C17H28N4O4. The van der Waals surface area contributed by atoms with Crippen molar-refractivity contribution in [1.82, 2.24) is 15.5 Å². The summed E-state index contributed by atoms with van der Waals surface area (Å²) >= 11 is 0. The number of nitro groups is 1. The van der Waals surface area contributed by atoms with E-state index in [9.17, 15) is 10.1 Å². The van der Waals surface area contributed by atoms with Gasteiger partial charge in [-0.3, -0.25) is 10.1 Å². The van der Waals surface area contributed by atoms with Crippen molar-refractivity contribution in [2.24, 2.45) is 0 Å². The lowest BCUT2D eigenvalue weighted by Crippen LogP contribution is -2.30. The van der Waals surface area contributed by atoms with E-state index in [2.05, 4.69) is 21.6 Å². The quantitative estimate of drug-likeness (QED) is 0.315. The highest BCUT2D eigenvalue weighted by atomic mass is 16.6. The highest BCUT2D eigenvalue weighted by Crippen LogP contribution is 2.14. The lowest BCUT2D eigenvalue weighted by atomic mass is 10.2. The van der Waals surface area contributed by atoms with Crippen LogP contribution in [0, 0.1) is 10.1 Å². The van der Waals surface area contributed by atoms with E-state index in [1.165, 1.54) is 5.56 Å². The zero-order chi connectivity index (χ0) is 18.5. The molecule has 1 aromatic carbocycles. The van der Waals surface area contributed by atoms with Crippen LogP contribution >= 0.6 is 0 Å². The summed E-state index contributed by atoms with van der Waals surface area (Å²) in [5, 5.41) is 16.5. The predicted molar refractivity (Wildman–Crippen MR) is 96.9 cm³/mol. The first-order chi connectivity index (χ1) is 12.0. The van der Waals surface area contributed by atoms with E-state index in [1.807, 2.05) is 32.3 Å². The molecule has 2 N–H and O–H groups in total. The molecule has 0 bridgehead atoms. The number of nitrogens with zero attached hydrogens (tertiary/aromatic N) is 2. The van der Waals surface area contributed by atoms with E-state index in [0.29, 0.717) is 32.1 Å². The molecule has 1 rings (SSSR count). The van der Waals surface area contributed by atoms with Crippen LogP contribution in [-0.2, 0) is 11.3 Å². The fourth-order valence-corrected chi connectivity index (χ4v) is 2.13. The molecule has 0 aromatic heterocycles. The molecule has 0 saturated carbocycles. The van der Waals surface area contributed by atoms with Gasteiger partial charge in [-0.05, 0) is 38.2 Å². The Bertz CT molecular complexity index is 549. The van der Waals surface area contributed by atoms with Crippen molar-refractivity contribution in [3.63, 3.8) is 0 Å². The zero-order valence-electron chi connectivity index (χ0n) is 15.2. The monoisotopic (exact) mass is 352 g/mol. The van der Waals surface area contributed by atoms with Crippen LogP contribution in [0.5, 0.6) is 5.75 Å². The minimum atomic E-state index is -0.491. The molecule has 1 aromatic rings. The van der Waals surface area contributed by atoms with Gasteiger partial charge in [-0.15, -0.1) is 0 Å². The van der Waals surface area contributed by atoms with Crippen molar-refractivity contribution < 1.29 is 14.4 Å². The summed E-state index contributed by atoms with van der Waals surface area (Å²) in [6.45, 7) is 2.93. The van der Waals surface area contributed by atoms with Crippen LogP contribution < -0.4 is 15.4 Å². The third kappa shape index (κ3) is 10.2. The minimum absolute atomic E-state index is 0.370. The Labute approximate surface area is 148 Å². The fourth-order valence-electron chi connectivity index (χ4n) is 2.13. The Hall–Kier alpha value is -2.32. The summed E-state index contributed by atoms with van der Waals surface area (Å²) in [5.41, 5.74) is 1.19. The minimum Gasteiger partial charge on any atom is -0.494 e. The fraction of sp³-hybridized carbons (Fsp3) is 0.529. The van der Waals surface area contributed by atoms with Gasteiger partial charge in [-0.1, -0.05) is 12.1 Å². The van der Waals surface area contributed by atoms with Crippen molar-refractivity contribution in [3.8, 4) is 5.75 Å². The summed E-state index contributed by atoms with van der Waals surface area (Å²) in [7, 11) is 5.63. The molecule has 0 atom stereocenters. The molecule has 8 nitrogen and oxygen atoms in total. The topological polar surface area (TPSA) is 88.9 Å². The van der Waals surface area contributed by atoms with E-state index in [1.54, 1.807) is 7.11 Å². The summed E-state index contributed by atoms with van der Waals surface area (Å²) in [6.07, 6.45) is 1.64. The lowest BCUT2D eigenvalue weighted by Gasteiger charge is -2.13. The van der Waals surface area contributed by atoms with Gasteiger partial charge < -0.3 is 25.0 Å². The Morgan fingerprint density at radius 3 is 2.72 bits per heavy atom. The molecule has 25 heavy (non-hydrogen) atoms. The first-order valence-electron chi connectivity index (χ1n) is 8.19. The number of nitrogens with one attached hydrogen (secondary N) is 2. The summed E-state index contributed by atoms with van der Waals surface area (Å²) in [5.74, 6) is 1.20. The van der Waals surface area contributed by atoms with E-state index >= 15 is 0 Å². The van der Waals surface area contributed by atoms with Crippen LogP contribution in [0.25, 0.3) is 0 Å². The Kier molecular flexibility index (Phi) is 10.0. The highest BCUT2D eigenvalue weighted by Gasteiger charge is 2.02. The predicted octanol–water partition coefficient (Wildman–Crippen LogP) is 1.42.